The Hall–Kier alpha value is -2.46. The number of hydrogen-bond acceptors (Lipinski definition) is 6. The van der Waals surface area contributed by atoms with Crippen molar-refractivity contribution in [2.24, 2.45) is 0 Å². The highest BCUT2D eigenvalue weighted by atomic mass is 79.9. The molecule has 0 atom stereocenters. The molecule has 0 unspecified atom stereocenters. The molecule has 0 N–H and O–H groups in total. The summed E-state index contributed by atoms with van der Waals surface area (Å²) in [6.07, 6.45) is 1.57. The summed E-state index contributed by atoms with van der Waals surface area (Å²) in [5, 5.41) is 11.6. The second kappa shape index (κ2) is 8.35. The molecule has 0 spiro atoms. The van der Waals surface area contributed by atoms with Gasteiger partial charge in [0.2, 0.25) is 0 Å². The van der Waals surface area contributed by atoms with Crippen LogP contribution < -0.4 is 4.90 Å². The molecule has 4 rings (SSSR count). The fourth-order valence-corrected chi connectivity index (χ4v) is 4.71. The van der Waals surface area contributed by atoms with Gasteiger partial charge in [0.15, 0.2) is 4.32 Å². The number of amides is 1. The maximum atomic E-state index is 12.9. The van der Waals surface area contributed by atoms with E-state index in [9.17, 15) is 14.9 Å². The van der Waals surface area contributed by atoms with Crippen molar-refractivity contribution < 1.29 is 14.1 Å². The number of nitro groups is 1. The first-order valence-electron chi connectivity index (χ1n) is 8.41. The Morgan fingerprint density at radius 1 is 1.20 bits per heavy atom. The number of carbonyl (C=O) groups is 1. The summed E-state index contributed by atoms with van der Waals surface area (Å²) in [7, 11) is 0. The summed E-state index contributed by atoms with van der Waals surface area (Å²) >= 11 is 15.8. The van der Waals surface area contributed by atoms with Crippen LogP contribution in [0.25, 0.3) is 17.4 Å². The lowest BCUT2D eigenvalue weighted by molar-refractivity contribution is -0.384. The van der Waals surface area contributed by atoms with E-state index in [-0.39, 0.29) is 16.6 Å². The molecule has 0 radical (unpaired) electrons. The summed E-state index contributed by atoms with van der Waals surface area (Å²) < 4.78 is 6.99. The lowest BCUT2D eigenvalue weighted by Gasteiger charge is -2.14. The van der Waals surface area contributed by atoms with Crippen LogP contribution in [-0.2, 0) is 4.79 Å². The van der Waals surface area contributed by atoms with Crippen molar-refractivity contribution in [2.75, 3.05) is 4.90 Å². The summed E-state index contributed by atoms with van der Waals surface area (Å²) in [4.78, 5) is 25.5. The van der Waals surface area contributed by atoms with E-state index in [0.29, 0.717) is 32.0 Å². The third kappa shape index (κ3) is 4.06. The first-order chi connectivity index (χ1) is 14.3. The highest BCUT2D eigenvalue weighted by molar-refractivity contribution is 9.10. The van der Waals surface area contributed by atoms with E-state index < -0.39 is 4.92 Å². The van der Waals surface area contributed by atoms with Gasteiger partial charge < -0.3 is 4.42 Å². The van der Waals surface area contributed by atoms with E-state index in [1.807, 2.05) is 12.1 Å². The van der Waals surface area contributed by atoms with Gasteiger partial charge in [-0.15, -0.1) is 0 Å². The predicted octanol–water partition coefficient (Wildman–Crippen LogP) is 6.68. The zero-order valence-electron chi connectivity index (χ0n) is 14.9. The molecule has 6 nitrogen and oxygen atoms in total. The van der Waals surface area contributed by atoms with Crippen LogP contribution in [0.15, 0.2) is 68.4 Å². The Morgan fingerprint density at radius 2 is 2.00 bits per heavy atom. The van der Waals surface area contributed by atoms with Crippen molar-refractivity contribution >= 4 is 79.2 Å². The predicted molar refractivity (Wildman–Crippen MR) is 126 cm³/mol. The van der Waals surface area contributed by atoms with Gasteiger partial charge in [-0.1, -0.05) is 57.6 Å². The third-order valence-electron chi connectivity index (χ3n) is 4.18. The van der Waals surface area contributed by atoms with Crippen LogP contribution in [0.4, 0.5) is 11.4 Å². The normalized spacial score (nSPS) is 15.3. The smallest absolute Gasteiger partial charge is 0.281 e. The van der Waals surface area contributed by atoms with Crippen LogP contribution in [0, 0.1) is 10.1 Å². The highest BCUT2D eigenvalue weighted by Crippen LogP contribution is 2.38. The first kappa shape index (κ1) is 20.8. The van der Waals surface area contributed by atoms with Gasteiger partial charge in [-0.3, -0.25) is 19.8 Å². The molecule has 1 fully saturated rings. The van der Waals surface area contributed by atoms with E-state index in [1.165, 1.54) is 17.0 Å². The molecule has 2 aromatic carbocycles. The zero-order valence-corrected chi connectivity index (χ0v) is 18.8. The number of carbonyl (C=O) groups excluding carboxylic acids is 1. The number of hydrogen-bond donors (Lipinski definition) is 0. The van der Waals surface area contributed by atoms with E-state index in [2.05, 4.69) is 15.9 Å². The first-order valence-corrected chi connectivity index (χ1v) is 10.8. The van der Waals surface area contributed by atoms with E-state index in [4.69, 9.17) is 28.2 Å². The van der Waals surface area contributed by atoms with Crippen LogP contribution in [0.2, 0.25) is 5.02 Å². The van der Waals surface area contributed by atoms with Crippen molar-refractivity contribution in [3.05, 3.63) is 84.9 Å². The molecule has 3 aromatic rings. The summed E-state index contributed by atoms with van der Waals surface area (Å²) in [6, 6.07) is 14.9. The number of thiocarbonyl (C=S) groups is 1. The van der Waals surface area contributed by atoms with Gasteiger partial charge in [0.25, 0.3) is 11.6 Å². The third-order valence-corrected chi connectivity index (χ3v) is 6.21. The van der Waals surface area contributed by atoms with Crippen LogP contribution in [-0.4, -0.2) is 15.2 Å². The van der Waals surface area contributed by atoms with E-state index in [1.54, 1.807) is 36.4 Å². The Kier molecular flexibility index (Phi) is 5.79. The molecule has 1 aromatic heterocycles. The summed E-state index contributed by atoms with van der Waals surface area (Å²) in [5.41, 5.74) is 0.794. The topological polar surface area (TPSA) is 76.6 Å². The van der Waals surface area contributed by atoms with Crippen molar-refractivity contribution in [1.82, 2.24) is 0 Å². The molecule has 0 bridgehead atoms. The number of furan rings is 1. The molecule has 10 heteroatoms. The monoisotopic (exact) mass is 520 g/mol. The Labute approximate surface area is 193 Å². The molecule has 150 valence electrons. The number of halogens is 2. The van der Waals surface area contributed by atoms with Crippen LogP contribution >= 0.6 is 51.5 Å². The van der Waals surface area contributed by atoms with Crippen LogP contribution in [0.3, 0.4) is 0 Å². The van der Waals surface area contributed by atoms with Gasteiger partial charge in [0.05, 0.1) is 21.1 Å². The molecule has 30 heavy (non-hydrogen) atoms. The fraction of sp³-hybridized carbons (Fsp3) is 0. The van der Waals surface area contributed by atoms with Gasteiger partial charge in [0.1, 0.15) is 11.5 Å². The minimum atomic E-state index is -0.521. The van der Waals surface area contributed by atoms with Gasteiger partial charge in [-0.05, 0) is 42.5 Å². The molecule has 1 aliphatic heterocycles. The fourth-order valence-electron chi connectivity index (χ4n) is 2.87. The van der Waals surface area contributed by atoms with Gasteiger partial charge in [0, 0.05) is 21.6 Å². The van der Waals surface area contributed by atoms with Gasteiger partial charge in [-0.2, -0.15) is 0 Å². The second-order valence-electron chi connectivity index (χ2n) is 6.12. The molecule has 0 saturated carbocycles. The summed E-state index contributed by atoms with van der Waals surface area (Å²) in [6.45, 7) is 0. The van der Waals surface area contributed by atoms with Crippen molar-refractivity contribution in [1.29, 1.82) is 0 Å². The SMILES string of the molecule is O=C1/C(=C\c2ccc(-c3ccc(Cl)cc3[N+](=O)[O-])o2)SC(=S)N1c1cccc(Br)c1. The van der Waals surface area contributed by atoms with Crippen molar-refractivity contribution in [2.45, 2.75) is 0 Å². The average molecular weight is 522 g/mol. The number of anilines is 1. The number of benzene rings is 2. The largest absolute Gasteiger partial charge is 0.456 e. The molecular weight excluding hydrogens is 512 g/mol. The average Bonchev–Trinajstić information content (AvgIpc) is 3.26. The molecule has 0 aliphatic carbocycles. The Bertz CT molecular complexity index is 1240. The summed E-state index contributed by atoms with van der Waals surface area (Å²) in [5.74, 6) is 0.412. The zero-order chi connectivity index (χ0) is 21.4. The number of nitrogens with zero attached hydrogens (tertiary/aromatic N) is 2. The molecule has 1 amide bonds. The molecular formula is C20H10BrClN2O4S2. The Balaban J connectivity index is 1.65. The van der Waals surface area contributed by atoms with Gasteiger partial charge in [-0.25, -0.2) is 0 Å². The molecule has 1 saturated heterocycles. The minimum absolute atomic E-state index is 0.163. The maximum Gasteiger partial charge on any atom is 0.281 e. The maximum absolute atomic E-state index is 12.9. The van der Waals surface area contributed by atoms with Crippen LogP contribution in [0.1, 0.15) is 5.76 Å². The lowest BCUT2D eigenvalue weighted by atomic mass is 10.1. The quantitative estimate of drug-likeness (QED) is 0.165. The number of rotatable bonds is 4. The van der Waals surface area contributed by atoms with Crippen LogP contribution in [0.5, 0.6) is 0 Å². The lowest BCUT2D eigenvalue weighted by Crippen LogP contribution is -2.27. The molecule has 2 heterocycles. The van der Waals surface area contributed by atoms with E-state index in [0.717, 1.165) is 16.2 Å². The minimum Gasteiger partial charge on any atom is -0.456 e. The van der Waals surface area contributed by atoms with Gasteiger partial charge >= 0.3 is 0 Å². The molecule has 1 aliphatic rings. The van der Waals surface area contributed by atoms with E-state index >= 15 is 0 Å². The second-order valence-corrected chi connectivity index (χ2v) is 9.15. The highest BCUT2D eigenvalue weighted by Gasteiger charge is 2.33. The Morgan fingerprint density at radius 3 is 2.73 bits per heavy atom. The van der Waals surface area contributed by atoms with Crippen molar-refractivity contribution in [3.8, 4) is 11.3 Å². The standard InChI is InChI=1S/C20H10BrClN2O4S2/c21-11-2-1-3-13(8-11)23-19(25)18(30-20(23)29)10-14-5-7-17(28-14)15-6-4-12(22)9-16(15)24(26)27/h1-10H/b18-10+. The number of thioether (sulfide) groups is 1. The number of nitro benzene ring substituents is 1. The van der Waals surface area contributed by atoms with Crippen molar-refractivity contribution in [3.63, 3.8) is 0 Å².